The molecule has 0 aliphatic heterocycles. The van der Waals surface area contributed by atoms with Crippen LogP contribution < -0.4 is 20.5 Å². The zero-order valence-corrected chi connectivity index (χ0v) is 17.5. The highest BCUT2D eigenvalue weighted by molar-refractivity contribution is 6.07. The highest BCUT2D eigenvalue weighted by atomic mass is 19.4. The van der Waals surface area contributed by atoms with Crippen LogP contribution in [-0.2, 0) is 11.3 Å². The van der Waals surface area contributed by atoms with Crippen LogP contribution in [0.4, 0.5) is 29.1 Å². The van der Waals surface area contributed by atoms with Crippen molar-refractivity contribution in [1.29, 1.82) is 0 Å². The first kappa shape index (κ1) is 23.8. The number of ether oxygens (including phenoxy) is 3. The molecule has 0 saturated carbocycles. The summed E-state index contributed by atoms with van der Waals surface area (Å²) < 4.78 is 65.1. The molecule has 0 atom stereocenters. The normalized spacial score (nSPS) is 11.2. The second kappa shape index (κ2) is 9.74. The highest BCUT2D eigenvalue weighted by Crippen LogP contribution is 2.31. The van der Waals surface area contributed by atoms with Crippen molar-refractivity contribution in [2.45, 2.75) is 19.9 Å². The number of alkyl halides is 3. The Morgan fingerprint density at radius 1 is 1.09 bits per heavy atom. The molecule has 0 aliphatic rings. The van der Waals surface area contributed by atoms with E-state index in [1.807, 2.05) is 0 Å². The molecule has 2 aromatic carbocycles. The predicted octanol–water partition coefficient (Wildman–Crippen LogP) is 5.20. The molecule has 0 spiro atoms. The summed E-state index contributed by atoms with van der Waals surface area (Å²) in [6.45, 7) is 2.03. The molecule has 0 saturated heterocycles. The zero-order chi connectivity index (χ0) is 24.2. The van der Waals surface area contributed by atoms with Gasteiger partial charge in [-0.2, -0.15) is 0 Å². The smallest absolute Gasteiger partial charge is 0.454 e. The van der Waals surface area contributed by atoms with Crippen molar-refractivity contribution in [3.63, 3.8) is 0 Å². The molecular weight excluding hydrogens is 446 g/mol. The maximum Gasteiger partial charge on any atom is 0.573 e. The largest absolute Gasteiger partial charge is 0.573 e. The van der Waals surface area contributed by atoms with Crippen molar-refractivity contribution >= 4 is 17.4 Å². The molecule has 174 valence electrons. The third-order valence-electron chi connectivity index (χ3n) is 4.35. The van der Waals surface area contributed by atoms with Crippen LogP contribution in [-0.4, -0.2) is 24.4 Å². The number of rotatable bonds is 7. The number of aryl methyl sites for hydroxylation is 1. The van der Waals surface area contributed by atoms with E-state index in [1.165, 1.54) is 31.4 Å². The van der Waals surface area contributed by atoms with E-state index in [-0.39, 0.29) is 23.7 Å². The number of anilines is 2. The van der Waals surface area contributed by atoms with E-state index in [1.54, 1.807) is 13.0 Å². The van der Waals surface area contributed by atoms with Crippen molar-refractivity contribution in [3.05, 3.63) is 71.2 Å². The molecule has 1 amide bonds. The number of nitrogens with two attached hydrogens (primary N) is 1. The Morgan fingerprint density at radius 3 is 2.39 bits per heavy atom. The first-order valence-corrected chi connectivity index (χ1v) is 9.45. The summed E-state index contributed by atoms with van der Waals surface area (Å²) >= 11 is 0. The number of pyridine rings is 1. The lowest BCUT2D eigenvalue weighted by molar-refractivity contribution is -0.274. The number of nitrogens with one attached hydrogen (secondary N) is 1. The van der Waals surface area contributed by atoms with Crippen LogP contribution in [0.1, 0.15) is 21.6 Å². The first-order chi connectivity index (χ1) is 15.6. The minimum absolute atomic E-state index is 0.0431. The van der Waals surface area contributed by atoms with Crippen molar-refractivity contribution in [3.8, 4) is 17.2 Å². The van der Waals surface area contributed by atoms with Gasteiger partial charge >= 0.3 is 6.36 Å². The van der Waals surface area contributed by atoms with Crippen LogP contribution in [0.15, 0.2) is 48.5 Å². The standard InChI is InChI=1S/C22H19F4N3O4/c1-12-9-16(20(27)29-18(12)11-31-2)21(30)28-13-3-5-14(6-4-13)32-19-10-15(7-8-17(19)23)33-22(24,25)26/h3-10H,11H2,1-2H3,(H2,27,29)(H,28,30). The van der Waals surface area contributed by atoms with E-state index >= 15 is 0 Å². The first-order valence-electron chi connectivity index (χ1n) is 9.45. The predicted molar refractivity (Wildman–Crippen MR) is 112 cm³/mol. The molecule has 0 fully saturated rings. The Bertz CT molecular complexity index is 1150. The number of halogens is 4. The zero-order valence-electron chi connectivity index (χ0n) is 17.5. The number of amides is 1. The third kappa shape index (κ3) is 6.32. The van der Waals surface area contributed by atoms with Gasteiger partial charge in [-0.3, -0.25) is 4.79 Å². The number of aromatic nitrogens is 1. The minimum atomic E-state index is -4.92. The lowest BCUT2D eigenvalue weighted by Crippen LogP contribution is -2.17. The van der Waals surface area contributed by atoms with Gasteiger partial charge in [-0.15, -0.1) is 13.2 Å². The highest BCUT2D eigenvalue weighted by Gasteiger charge is 2.31. The average molecular weight is 465 g/mol. The van der Waals surface area contributed by atoms with Crippen molar-refractivity contribution in [2.75, 3.05) is 18.2 Å². The maximum atomic E-state index is 13.9. The Labute approximate surface area is 186 Å². The van der Waals surface area contributed by atoms with Gasteiger partial charge in [0.2, 0.25) is 0 Å². The van der Waals surface area contributed by atoms with Crippen molar-refractivity contribution in [1.82, 2.24) is 4.98 Å². The fourth-order valence-electron chi connectivity index (χ4n) is 2.82. The monoisotopic (exact) mass is 465 g/mol. The summed E-state index contributed by atoms with van der Waals surface area (Å²) in [6.07, 6.45) is -4.92. The van der Waals surface area contributed by atoms with Gasteiger partial charge in [0.15, 0.2) is 11.6 Å². The van der Waals surface area contributed by atoms with Crippen LogP contribution >= 0.6 is 0 Å². The average Bonchev–Trinajstić information content (AvgIpc) is 2.73. The molecule has 7 nitrogen and oxygen atoms in total. The van der Waals surface area contributed by atoms with Gasteiger partial charge in [-0.25, -0.2) is 9.37 Å². The number of carbonyl (C=O) groups excluding carboxylic acids is 1. The van der Waals surface area contributed by atoms with E-state index in [0.29, 0.717) is 11.4 Å². The molecule has 0 bridgehead atoms. The third-order valence-corrected chi connectivity index (χ3v) is 4.35. The molecule has 11 heteroatoms. The summed E-state index contributed by atoms with van der Waals surface area (Å²) in [7, 11) is 1.52. The second-order valence-electron chi connectivity index (χ2n) is 6.84. The number of hydrogen-bond acceptors (Lipinski definition) is 6. The molecule has 3 aromatic rings. The SMILES string of the molecule is COCc1nc(N)c(C(=O)Nc2ccc(Oc3cc(OC(F)(F)F)ccc3F)cc2)cc1C. The minimum Gasteiger partial charge on any atom is -0.454 e. The van der Waals surface area contributed by atoms with Crippen molar-refractivity contribution in [2.24, 2.45) is 0 Å². The number of nitrogen functional groups attached to an aromatic ring is 1. The second-order valence-corrected chi connectivity index (χ2v) is 6.84. The van der Waals surface area contributed by atoms with Gasteiger partial charge in [0, 0.05) is 18.9 Å². The summed E-state index contributed by atoms with van der Waals surface area (Å²) in [5.74, 6) is -2.29. The van der Waals surface area contributed by atoms with E-state index in [4.69, 9.17) is 15.2 Å². The Morgan fingerprint density at radius 2 is 1.76 bits per heavy atom. The quantitative estimate of drug-likeness (QED) is 0.466. The van der Waals surface area contributed by atoms with Crippen LogP contribution in [0, 0.1) is 12.7 Å². The number of carbonyl (C=O) groups is 1. The van der Waals surface area contributed by atoms with E-state index in [2.05, 4.69) is 15.0 Å². The van der Waals surface area contributed by atoms with Crippen LogP contribution in [0.25, 0.3) is 0 Å². The van der Waals surface area contributed by atoms with Crippen LogP contribution in [0.5, 0.6) is 17.2 Å². The van der Waals surface area contributed by atoms with Gasteiger partial charge in [0.1, 0.15) is 17.3 Å². The Hall–Kier alpha value is -3.86. The Balaban J connectivity index is 1.71. The van der Waals surface area contributed by atoms with E-state index in [0.717, 1.165) is 23.8 Å². The van der Waals surface area contributed by atoms with Crippen LogP contribution in [0.3, 0.4) is 0 Å². The molecular formula is C22H19F4N3O4. The number of methoxy groups -OCH3 is 1. The van der Waals surface area contributed by atoms with Gasteiger partial charge < -0.3 is 25.3 Å². The molecule has 1 heterocycles. The summed E-state index contributed by atoms with van der Waals surface area (Å²) in [4.78, 5) is 16.8. The van der Waals surface area contributed by atoms with E-state index in [9.17, 15) is 22.4 Å². The lowest BCUT2D eigenvalue weighted by Gasteiger charge is -2.13. The number of hydrogen-bond donors (Lipinski definition) is 2. The molecule has 0 unspecified atom stereocenters. The van der Waals surface area contributed by atoms with Gasteiger partial charge in [-0.1, -0.05) is 0 Å². The molecule has 1 aromatic heterocycles. The summed E-state index contributed by atoms with van der Waals surface area (Å²) in [5.41, 5.74) is 7.79. The number of benzene rings is 2. The van der Waals surface area contributed by atoms with Gasteiger partial charge in [0.25, 0.3) is 5.91 Å². The van der Waals surface area contributed by atoms with E-state index < -0.39 is 29.6 Å². The fourth-order valence-corrected chi connectivity index (χ4v) is 2.82. The molecule has 3 rings (SSSR count). The molecule has 0 radical (unpaired) electrons. The summed E-state index contributed by atoms with van der Waals surface area (Å²) in [6, 6.07) is 9.75. The number of nitrogens with zero attached hydrogens (tertiary/aromatic N) is 1. The maximum absolute atomic E-state index is 13.9. The fraction of sp³-hybridized carbons (Fsp3) is 0.182. The molecule has 33 heavy (non-hydrogen) atoms. The van der Waals surface area contributed by atoms with Gasteiger partial charge in [0.05, 0.1) is 17.9 Å². The molecule has 0 aliphatic carbocycles. The topological polar surface area (TPSA) is 95.7 Å². The van der Waals surface area contributed by atoms with Crippen molar-refractivity contribution < 1.29 is 36.6 Å². The Kier molecular flexibility index (Phi) is 7.02. The lowest BCUT2D eigenvalue weighted by atomic mass is 10.1. The van der Waals surface area contributed by atoms with Gasteiger partial charge in [-0.05, 0) is 55.0 Å². The summed E-state index contributed by atoms with van der Waals surface area (Å²) in [5, 5.41) is 2.65. The molecule has 3 N–H and O–H groups in total. The van der Waals surface area contributed by atoms with Crippen LogP contribution in [0.2, 0.25) is 0 Å².